The second kappa shape index (κ2) is 8.80. The summed E-state index contributed by atoms with van der Waals surface area (Å²) < 4.78 is 0. The van der Waals surface area contributed by atoms with E-state index in [0.717, 1.165) is 43.0 Å². The van der Waals surface area contributed by atoms with E-state index >= 15 is 0 Å². The van der Waals surface area contributed by atoms with E-state index in [1.54, 1.807) is 0 Å². The summed E-state index contributed by atoms with van der Waals surface area (Å²) in [5.41, 5.74) is 2.32. The van der Waals surface area contributed by atoms with Crippen molar-refractivity contribution in [1.82, 2.24) is 4.90 Å². The van der Waals surface area contributed by atoms with Crippen molar-refractivity contribution >= 4 is 17.2 Å². The van der Waals surface area contributed by atoms with Crippen molar-refractivity contribution in [2.24, 2.45) is 0 Å². The van der Waals surface area contributed by atoms with Crippen molar-refractivity contribution in [1.29, 1.82) is 0 Å². The van der Waals surface area contributed by atoms with Gasteiger partial charge in [0.15, 0.2) is 0 Å². The van der Waals surface area contributed by atoms with E-state index in [9.17, 15) is 9.90 Å². The molecule has 5 heteroatoms. The second-order valence-electron chi connectivity index (χ2n) is 7.22. The number of amides is 1. The normalized spacial score (nSPS) is 17.9. The molecule has 0 aliphatic carbocycles. The Bertz CT molecular complexity index is 691. The first-order valence-corrected chi connectivity index (χ1v) is 10.4. The molecule has 1 aliphatic heterocycles. The Kier molecular flexibility index (Phi) is 6.46. The first kappa shape index (κ1) is 19.1. The van der Waals surface area contributed by atoms with Crippen LogP contribution in [0.4, 0.5) is 0 Å². The van der Waals surface area contributed by atoms with Crippen molar-refractivity contribution in [3.63, 3.8) is 0 Å². The predicted molar refractivity (Wildman–Crippen MR) is 106 cm³/mol. The van der Waals surface area contributed by atoms with E-state index in [2.05, 4.69) is 38.1 Å². The average Bonchev–Trinajstić information content (AvgIpc) is 3.22. The first-order chi connectivity index (χ1) is 12.6. The van der Waals surface area contributed by atoms with Crippen LogP contribution in [-0.2, 0) is 0 Å². The second-order valence-corrected chi connectivity index (χ2v) is 8.16. The number of aliphatic hydroxyl groups is 1. The number of quaternary nitrogens is 1. The van der Waals surface area contributed by atoms with Crippen LogP contribution in [0.1, 0.15) is 53.1 Å². The molecule has 1 aromatic heterocycles. The standard InChI is InChI=1S/C21H28N2O2S/c1-3-16(2)17-6-8-18(9-7-17)19(24)15-22-10-12-23(13-11-22)21(25)20-5-4-14-26-20/h4-9,14,16,19,24H,3,10-13,15H2,1-2H3/p+1/t16-,19+/m1/s1. The van der Waals surface area contributed by atoms with Gasteiger partial charge >= 0.3 is 0 Å². The van der Waals surface area contributed by atoms with E-state index in [1.807, 2.05) is 22.4 Å². The molecular formula is C21H29N2O2S+. The maximum atomic E-state index is 12.4. The van der Waals surface area contributed by atoms with E-state index < -0.39 is 6.10 Å². The van der Waals surface area contributed by atoms with Gasteiger partial charge in [0.2, 0.25) is 0 Å². The van der Waals surface area contributed by atoms with Crippen LogP contribution >= 0.6 is 11.3 Å². The van der Waals surface area contributed by atoms with Crippen molar-refractivity contribution in [3.05, 3.63) is 57.8 Å². The number of nitrogens with one attached hydrogen (secondary N) is 1. The Morgan fingerprint density at radius 3 is 2.42 bits per heavy atom. The van der Waals surface area contributed by atoms with Gasteiger partial charge in [-0.2, -0.15) is 0 Å². The SMILES string of the molecule is CC[C@@H](C)c1ccc([C@@H](O)C[NH+]2CCN(C(=O)c3cccs3)CC2)cc1. The molecule has 1 aliphatic rings. The average molecular weight is 374 g/mol. The number of thiophene rings is 1. The van der Waals surface area contributed by atoms with Crippen molar-refractivity contribution in [3.8, 4) is 0 Å². The van der Waals surface area contributed by atoms with Crippen LogP contribution in [0.25, 0.3) is 0 Å². The van der Waals surface area contributed by atoms with E-state index in [-0.39, 0.29) is 5.91 Å². The number of aliphatic hydroxyl groups excluding tert-OH is 1. The lowest BCUT2D eigenvalue weighted by atomic mass is 9.96. The molecule has 1 amide bonds. The third-order valence-corrected chi connectivity index (χ3v) is 6.33. The van der Waals surface area contributed by atoms with Crippen LogP contribution in [0, 0.1) is 0 Å². The molecular weight excluding hydrogens is 344 g/mol. The van der Waals surface area contributed by atoms with Crippen LogP contribution in [0.5, 0.6) is 0 Å². The minimum absolute atomic E-state index is 0.139. The third-order valence-electron chi connectivity index (χ3n) is 5.47. The molecule has 1 saturated heterocycles. The minimum atomic E-state index is -0.449. The Labute approximate surface area is 160 Å². The number of piperazine rings is 1. The van der Waals surface area contributed by atoms with Gasteiger partial charge in [-0.3, -0.25) is 4.79 Å². The van der Waals surface area contributed by atoms with Gasteiger partial charge in [-0.05, 0) is 34.9 Å². The zero-order chi connectivity index (χ0) is 18.5. The maximum absolute atomic E-state index is 12.4. The number of nitrogens with zero attached hydrogens (tertiary/aromatic N) is 1. The maximum Gasteiger partial charge on any atom is 0.264 e. The fourth-order valence-electron chi connectivity index (χ4n) is 3.46. The molecule has 2 aromatic rings. The van der Waals surface area contributed by atoms with Gasteiger partial charge < -0.3 is 14.9 Å². The Balaban J connectivity index is 1.50. The van der Waals surface area contributed by atoms with Gasteiger partial charge in [-0.1, -0.05) is 44.2 Å². The monoisotopic (exact) mass is 373 g/mol. The van der Waals surface area contributed by atoms with Crippen LogP contribution in [0.3, 0.4) is 0 Å². The lowest BCUT2D eigenvalue weighted by Crippen LogP contribution is -3.15. The fraction of sp³-hybridized carbons (Fsp3) is 0.476. The summed E-state index contributed by atoms with van der Waals surface area (Å²) in [5.74, 6) is 0.695. The molecule has 0 radical (unpaired) electrons. The molecule has 1 aromatic carbocycles. The highest BCUT2D eigenvalue weighted by atomic mass is 32.1. The third kappa shape index (κ3) is 4.53. The molecule has 0 bridgehead atoms. The molecule has 2 N–H and O–H groups in total. The summed E-state index contributed by atoms with van der Waals surface area (Å²) in [7, 11) is 0. The van der Waals surface area contributed by atoms with E-state index in [1.165, 1.54) is 21.8 Å². The van der Waals surface area contributed by atoms with Crippen LogP contribution < -0.4 is 4.90 Å². The Morgan fingerprint density at radius 2 is 1.85 bits per heavy atom. The van der Waals surface area contributed by atoms with Gasteiger partial charge in [0.1, 0.15) is 12.6 Å². The number of benzene rings is 1. The fourth-order valence-corrected chi connectivity index (χ4v) is 4.15. The molecule has 140 valence electrons. The van der Waals surface area contributed by atoms with Gasteiger partial charge in [0, 0.05) is 0 Å². The summed E-state index contributed by atoms with van der Waals surface area (Å²) in [6.45, 7) is 8.41. The van der Waals surface area contributed by atoms with Crippen LogP contribution in [0.2, 0.25) is 0 Å². The molecule has 0 saturated carbocycles. The summed E-state index contributed by atoms with van der Waals surface area (Å²) in [5, 5.41) is 12.5. The lowest BCUT2D eigenvalue weighted by Gasteiger charge is -2.33. The first-order valence-electron chi connectivity index (χ1n) is 9.52. The summed E-state index contributed by atoms with van der Waals surface area (Å²) in [4.78, 5) is 16.5. The molecule has 1 fully saturated rings. The quantitative estimate of drug-likeness (QED) is 0.816. The van der Waals surface area contributed by atoms with Gasteiger partial charge in [-0.25, -0.2) is 0 Å². The summed E-state index contributed by atoms with van der Waals surface area (Å²) >= 11 is 1.50. The van der Waals surface area contributed by atoms with Crippen LogP contribution in [-0.4, -0.2) is 48.6 Å². The van der Waals surface area contributed by atoms with E-state index in [4.69, 9.17) is 0 Å². The van der Waals surface area contributed by atoms with Crippen molar-refractivity contribution in [2.75, 3.05) is 32.7 Å². The summed E-state index contributed by atoms with van der Waals surface area (Å²) in [6, 6.07) is 12.2. The minimum Gasteiger partial charge on any atom is -0.382 e. The topological polar surface area (TPSA) is 45.0 Å². The molecule has 4 nitrogen and oxygen atoms in total. The number of rotatable bonds is 6. The number of hydrogen-bond acceptors (Lipinski definition) is 3. The van der Waals surface area contributed by atoms with Gasteiger partial charge in [-0.15, -0.1) is 11.3 Å². The Hall–Kier alpha value is -1.69. The summed E-state index contributed by atoms with van der Waals surface area (Å²) in [6.07, 6.45) is 0.677. The van der Waals surface area contributed by atoms with Gasteiger partial charge in [0.25, 0.3) is 5.91 Å². The highest BCUT2D eigenvalue weighted by Gasteiger charge is 2.26. The molecule has 2 heterocycles. The molecule has 26 heavy (non-hydrogen) atoms. The highest BCUT2D eigenvalue weighted by molar-refractivity contribution is 7.12. The molecule has 2 atom stereocenters. The van der Waals surface area contributed by atoms with Crippen molar-refractivity contribution in [2.45, 2.75) is 32.3 Å². The smallest absolute Gasteiger partial charge is 0.264 e. The zero-order valence-corrected chi connectivity index (χ0v) is 16.5. The molecule has 0 unspecified atom stereocenters. The van der Waals surface area contributed by atoms with E-state index in [0.29, 0.717) is 12.5 Å². The predicted octanol–water partition coefficient (Wildman–Crippen LogP) is 2.34. The molecule has 0 spiro atoms. The largest absolute Gasteiger partial charge is 0.382 e. The van der Waals surface area contributed by atoms with Crippen molar-refractivity contribution < 1.29 is 14.8 Å². The Morgan fingerprint density at radius 1 is 1.19 bits per heavy atom. The number of hydrogen-bond donors (Lipinski definition) is 2. The highest BCUT2D eigenvalue weighted by Crippen LogP contribution is 2.21. The lowest BCUT2D eigenvalue weighted by molar-refractivity contribution is -0.907. The molecule has 3 rings (SSSR count). The van der Waals surface area contributed by atoms with Crippen LogP contribution in [0.15, 0.2) is 41.8 Å². The number of carbonyl (C=O) groups excluding carboxylic acids is 1. The zero-order valence-electron chi connectivity index (χ0n) is 15.6. The number of carbonyl (C=O) groups is 1. The van der Waals surface area contributed by atoms with Gasteiger partial charge in [0.05, 0.1) is 31.1 Å².